The highest BCUT2D eigenvalue weighted by atomic mass is 16.2. The molecule has 1 aliphatic heterocycles. The molecule has 1 fully saturated rings. The number of carbonyl (C=O) groups excluding carboxylic acids is 1. The average molecular weight is 494 g/mol. The molecule has 0 aliphatic carbocycles. The van der Waals surface area contributed by atoms with E-state index in [0.717, 1.165) is 44.8 Å². The third-order valence-electron chi connectivity index (χ3n) is 6.59. The van der Waals surface area contributed by atoms with E-state index in [9.17, 15) is 9.59 Å². The molecule has 0 radical (unpaired) electrons. The first-order chi connectivity index (χ1) is 18.1. The summed E-state index contributed by atoms with van der Waals surface area (Å²) >= 11 is 0. The van der Waals surface area contributed by atoms with E-state index in [1.165, 1.54) is 21.9 Å². The van der Waals surface area contributed by atoms with Crippen molar-refractivity contribution >= 4 is 11.6 Å². The topological polar surface area (TPSA) is 70.5 Å². The first kappa shape index (κ1) is 24.6. The molecular weight excluding hydrogens is 462 g/mol. The van der Waals surface area contributed by atoms with Crippen LogP contribution in [0.5, 0.6) is 0 Å². The van der Waals surface area contributed by atoms with Crippen LogP contribution in [0.3, 0.4) is 0 Å². The lowest BCUT2D eigenvalue weighted by Gasteiger charge is -2.34. The summed E-state index contributed by atoms with van der Waals surface area (Å²) in [7, 11) is 0. The third kappa shape index (κ3) is 6.78. The van der Waals surface area contributed by atoms with Crippen LogP contribution < -0.4 is 10.9 Å². The Balaban J connectivity index is 1.11. The van der Waals surface area contributed by atoms with E-state index in [0.29, 0.717) is 11.4 Å². The van der Waals surface area contributed by atoms with Crippen molar-refractivity contribution in [2.75, 3.05) is 31.5 Å². The van der Waals surface area contributed by atoms with Crippen LogP contribution in [0, 0.1) is 0 Å². The predicted octanol–water partition coefficient (Wildman–Crippen LogP) is 3.87. The van der Waals surface area contributed by atoms with E-state index in [4.69, 9.17) is 0 Å². The van der Waals surface area contributed by atoms with Gasteiger partial charge in [-0.2, -0.15) is 5.10 Å². The number of nitrogens with zero attached hydrogens (tertiary/aromatic N) is 4. The van der Waals surface area contributed by atoms with Gasteiger partial charge >= 0.3 is 0 Å². The highest BCUT2D eigenvalue weighted by molar-refractivity contribution is 5.90. The van der Waals surface area contributed by atoms with Gasteiger partial charge in [-0.1, -0.05) is 72.8 Å². The van der Waals surface area contributed by atoms with Gasteiger partial charge in [0.1, 0.15) is 6.54 Å². The lowest BCUT2D eigenvalue weighted by atomic mass is 10.1. The van der Waals surface area contributed by atoms with E-state index in [1.54, 1.807) is 6.07 Å². The summed E-state index contributed by atoms with van der Waals surface area (Å²) in [6.45, 7) is 5.93. The molecule has 3 aromatic carbocycles. The van der Waals surface area contributed by atoms with Crippen molar-refractivity contribution < 1.29 is 4.79 Å². The molecule has 1 aromatic heterocycles. The molecule has 2 heterocycles. The second-order valence-corrected chi connectivity index (χ2v) is 9.36. The van der Waals surface area contributed by atoms with Gasteiger partial charge in [0, 0.05) is 56.6 Å². The summed E-state index contributed by atoms with van der Waals surface area (Å²) in [5.74, 6) is -0.290. The zero-order valence-electron chi connectivity index (χ0n) is 20.8. The molecule has 4 aromatic rings. The minimum Gasteiger partial charge on any atom is -0.324 e. The number of anilines is 1. The molecule has 5 rings (SSSR count). The van der Waals surface area contributed by atoms with Crippen molar-refractivity contribution in [2.45, 2.75) is 19.6 Å². The molecule has 1 saturated heterocycles. The van der Waals surface area contributed by atoms with Gasteiger partial charge in [0.25, 0.3) is 5.56 Å². The minimum atomic E-state index is -0.311. The monoisotopic (exact) mass is 493 g/mol. The second kappa shape index (κ2) is 11.8. The number of benzene rings is 3. The molecule has 1 amide bonds. The second-order valence-electron chi connectivity index (χ2n) is 9.36. The van der Waals surface area contributed by atoms with Crippen LogP contribution in [0.15, 0.2) is 102 Å². The number of nitrogens with one attached hydrogen (secondary N) is 1. The fourth-order valence-corrected chi connectivity index (χ4v) is 4.56. The number of piperazine rings is 1. The average Bonchev–Trinajstić information content (AvgIpc) is 2.93. The highest BCUT2D eigenvalue weighted by Crippen LogP contribution is 2.16. The maximum atomic E-state index is 12.6. The Morgan fingerprint density at radius 3 is 1.89 bits per heavy atom. The molecule has 0 saturated carbocycles. The largest absolute Gasteiger partial charge is 0.324 e. The lowest BCUT2D eigenvalue weighted by Crippen LogP contribution is -2.45. The maximum Gasteiger partial charge on any atom is 0.267 e. The molecule has 188 valence electrons. The van der Waals surface area contributed by atoms with Crippen molar-refractivity contribution in [1.29, 1.82) is 0 Å². The Morgan fingerprint density at radius 2 is 1.27 bits per heavy atom. The van der Waals surface area contributed by atoms with Crippen LogP contribution >= 0.6 is 0 Å². The van der Waals surface area contributed by atoms with Crippen molar-refractivity contribution in [3.05, 3.63) is 119 Å². The van der Waals surface area contributed by atoms with E-state index in [-0.39, 0.29) is 18.0 Å². The number of amides is 1. The number of aromatic nitrogens is 2. The molecule has 0 bridgehead atoms. The lowest BCUT2D eigenvalue weighted by molar-refractivity contribution is -0.117. The van der Waals surface area contributed by atoms with E-state index >= 15 is 0 Å². The molecule has 1 aliphatic rings. The zero-order valence-corrected chi connectivity index (χ0v) is 20.8. The van der Waals surface area contributed by atoms with Crippen LogP contribution in [0.2, 0.25) is 0 Å². The van der Waals surface area contributed by atoms with Crippen molar-refractivity contribution in [3.63, 3.8) is 0 Å². The molecule has 37 heavy (non-hydrogen) atoms. The van der Waals surface area contributed by atoms with Gasteiger partial charge in [0.2, 0.25) is 5.91 Å². The maximum absolute atomic E-state index is 12.6. The summed E-state index contributed by atoms with van der Waals surface area (Å²) in [6.07, 6.45) is 0. The number of rotatable bonds is 8. The van der Waals surface area contributed by atoms with Crippen LogP contribution in [-0.4, -0.2) is 51.7 Å². The van der Waals surface area contributed by atoms with Gasteiger partial charge in [-0.3, -0.25) is 19.4 Å². The molecule has 1 N–H and O–H groups in total. The van der Waals surface area contributed by atoms with Crippen molar-refractivity contribution in [2.24, 2.45) is 0 Å². The first-order valence-corrected chi connectivity index (χ1v) is 12.6. The summed E-state index contributed by atoms with van der Waals surface area (Å²) in [5.41, 5.74) is 4.51. The number of hydrogen-bond acceptors (Lipinski definition) is 5. The van der Waals surface area contributed by atoms with Crippen LogP contribution in [0.25, 0.3) is 11.3 Å². The van der Waals surface area contributed by atoms with Gasteiger partial charge in [-0.25, -0.2) is 4.68 Å². The van der Waals surface area contributed by atoms with E-state index < -0.39 is 0 Å². The SMILES string of the molecule is O=C(Cn1nc(-c2ccccc2)ccc1=O)Nc1ccc(CN2CCN(Cc3ccccc3)CC2)cc1. The highest BCUT2D eigenvalue weighted by Gasteiger charge is 2.17. The molecule has 0 atom stereocenters. The van der Waals surface area contributed by atoms with Gasteiger partial charge in [-0.15, -0.1) is 0 Å². The van der Waals surface area contributed by atoms with Gasteiger partial charge in [0.15, 0.2) is 0 Å². The van der Waals surface area contributed by atoms with Crippen LogP contribution in [0.1, 0.15) is 11.1 Å². The molecule has 0 unspecified atom stereocenters. The van der Waals surface area contributed by atoms with Crippen LogP contribution in [-0.2, 0) is 24.4 Å². The zero-order chi connectivity index (χ0) is 25.5. The Labute approximate surface area is 217 Å². The number of carbonyl (C=O) groups is 1. The Morgan fingerprint density at radius 1 is 0.703 bits per heavy atom. The number of hydrogen-bond donors (Lipinski definition) is 1. The minimum absolute atomic E-state index is 0.144. The standard InChI is InChI=1S/C30H31N5O2/c36-29(23-35-30(37)16-15-28(32-35)26-9-5-2-6-10-26)31-27-13-11-25(12-14-27)22-34-19-17-33(18-20-34)21-24-7-3-1-4-8-24/h1-16H,17-23H2,(H,31,36). The van der Waals surface area contributed by atoms with E-state index in [2.05, 4.69) is 50.5 Å². The smallest absolute Gasteiger partial charge is 0.267 e. The Kier molecular flexibility index (Phi) is 7.84. The summed E-state index contributed by atoms with van der Waals surface area (Å²) in [6, 6.07) is 31.2. The summed E-state index contributed by atoms with van der Waals surface area (Å²) in [4.78, 5) is 29.8. The van der Waals surface area contributed by atoms with Crippen LogP contribution in [0.4, 0.5) is 5.69 Å². The summed E-state index contributed by atoms with van der Waals surface area (Å²) < 4.78 is 1.20. The molecule has 7 nitrogen and oxygen atoms in total. The Hall–Kier alpha value is -4.07. The van der Waals surface area contributed by atoms with E-state index in [1.807, 2.05) is 54.6 Å². The molecule has 0 spiro atoms. The van der Waals surface area contributed by atoms with Gasteiger partial charge in [-0.05, 0) is 29.3 Å². The third-order valence-corrected chi connectivity index (χ3v) is 6.59. The first-order valence-electron chi connectivity index (χ1n) is 12.6. The van der Waals surface area contributed by atoms with Gasteiger partial charge in [0.05, 0.1) is 5.69 Å². The fraction of sp³-hybridized carbons (Fsp3) is 0.233. The normalized spacial score (nSPS) is 14.4. The molecular formula is C30H31N5O2. The van der Waals surface area contributed by atoms with Crippen molar-refractivity contribution in [3.8, 4) is 11.3 Å². The Bertz CT molecular complexity index is 1360. The quantitative estimate of drug-likeness (QED) is 0.404. The van der Waals surface area contributed by atoms with Gasteiger partial charge < -0.3 is 5.32 Å². The molecule has 7 heteroatoms. The summed E-state index contributed by atoms with van der Waals surface area (Å²) in [5, 5.41) is 7.24. The van der Waals surface area contributed by atoms with Crippen molar-refractivity contribution in [1.82, 2.24) is 19.6 Å². The predicted molar refractivity (Wildman–Crippen MR) is 146 cm³/mol. The fourth-order valence-electron chi connectivity index (χ4n) is 4.56.